The molecule has 88 valence electrons. The van der Waals surface area contributed by atoms with E-state index < -0.39 is 0 Å². The third-order valence-corrected chi connectivity index (χ3v) is 3.12. The summed E-state index contributed by atoms with van der Waals surface area (Å²) in [5, 5.41) is 18.0. The lowest BCUT2D eigenvalue weighted by molar-refractivity contribution is 0.343. The second-order valence-electron chi connectivity index (χ2n) is 4.83. The van der Waals surface area contributed by atoms with Crippen molar-refractivity contribution in [1.82, 2.24) is 9.80 Å². The standard InChI is InChI=1S/C13H16N4/c1-16(2)7-11-8-17(12-3-4-12)9-13(11)10(5-14)6-15/h7,12H,3-4,8-9H2,1-2H3. The molecular weight excluding hydrogens is 212 g/mol. The van der Waals surface area contributed by atoms with Crippen LogP contribution in [0.5, 0.6) is 0 Å². The van der Waals surface area contributed by atoms with Gasteiger partial charge in [0.2, 0.25) is 0 Å². The molecule has 2 fully saturated rings. The van der Waals surface area contributed by atoms with E-state index in [2.05, 4.69) is 4.90 Å². The van der Waals surface area contributed by atoms with Gasteiger partial charge in [0.25, 0.3) is 0 Å². The lowest BCUT2D eigenvalue weighted by atomic mass is 10.1. The maximum atomic E-state index is 8.99. The molecule has 0 aromatic rings. The Kier molecular flexibility index (Phi) is 3.17. The summed E-state index contributed by atoms with van der Waals surface area (Å²) in [5.74, 6) is 0. The van der Waals surface area contributed by atoms with Gasteiger partial charge in [0.1, 0.15) is 17.7 Å². The van der Waals surface area contributed by atoms with E-state index in [1.165, 1.54) is 12.8 Å². The number of likely N-dealkylation sites (tertiary alicyclic amines) is 1. The Morgan fingerprint density at radius 3 is 2.41 bits per heavy atom. The van der Waals surface area contributed by atoms with E-state index in [9.17, 15) is 0 Å². The van der Waals surface area contributed by atoms with Crippen LogP contribution in [0.2, 0.25) is 0 Å². The van der Waals surface area contributed by atoms with E-state index in [1.807, 2.05) is 37.3 Å². The average molecular weight is 228 g/mol. The first-order valence-corrected chi connectivity index (χ1v) is 5.80. The average Bonchev–Trinajstić information content (AvgIpc) is 3.05. The lowest BCUT2D eigenvalue weighted by Gasteiger charge is -2.11. The lowest BCUT2D eigenvalue weighted by Crippen LogP contribution is -2.22. The van der Waals surface area contributed by atoms with Gasteiger partial charge in [0.15, 0.2) is 0 Å². The molecule has 1 aliphatic carbocycles. The molecule has 4 heteroatoms. The molecule has 1 aliphatic heterocycles. The Morgan fingerprint density at radius 1 is 1.29 bits per heavy atom. The molecule has 0 amide bonds. The van der Waals surface area contributed by atoms with Gasteiger partial charge in [-0.2, -0.15) is 10.5 Å². The minimum atomic E-state index is 0.265. The predicted molar refractivity (Wildman–Crippen MR) is 64.6 cm³/mol. The molecule has 1 saturated carbocycles. The van der Waals surface area contributed by atoms with Crippen molar-refractivity contribution in [2.45, 2.75) is 18.9 Å². The van der Waals surface area contributed by atoms with Gasteiger partial charge < -0.3 is 4.90 Å². The van der Waals surface area contributed by atoms with Gasteiger partial charge in [-0.05, 0) is 18.4 Å². The predicted octanol–water partition coefficient (Wildman–Crippen LogP) is 1.25. The summed E-state index contributed by atoms with van der Waals surface area (Å²) in [6.07, 6.45) is 4.51. The van der Waals surface area contributed by atoms with Crippen molar-refractivity contribution in [1.29, 1.82) is 10.5 Å². The summed E-state index contributed by atoms with van der Waals surface area (Å²) in [4.78, 5) is 4.33. The molecule has 0 radical (unpaired) electrons. The number of rotatable bonds is 2. The number of hydrogen-bond acceptors (Lipinski definition) is 4. The Labute approximate surface area is 102 Å². The van der Waals surface area contributed by atoms with E-state index in [-0.39, 0.29) is 5.57 Å². The third-order valence-electron chi connectivity index (χ3n) is 3.12. The second-order valence-corrected chi connectivity index (χ2v) is 4.83. The molecule has 0 N–H and O–H groups in total. The normalized spacial score (nSPS) is 22.4. The number of hydrogen-bond donors (Lipinski definition) is 0. The molecule has 0 aromatic carbocycles. The zero-order valence-corrected chi connectivity index (χ0v) is 10.3. The van der Waals surface area contributed by atoms with Crippen LogP contribution < -0.4 is 0 Å². The molecule has 1 heterocycles. The fourth-order valence-electron chi connectivity index (χ4n) is 2.20. The topological polar surface area (TPSA) is 54.1 Å². The fraction of sp³-hybridized carbons (Fsp3) is 0.538. The number of allylic oxidation sites excluding steroid dienone is 1. The van der Waals surface area contributed by atoms with Gasteiger partial charge in [-0.25, -0.2) is 0 Å². The summed E-state index contributed by atoms with van der Waals surface area (Å²) < 4.78 is 0. The van der Waals surface area contributed by atoms with Gasteiger partial charge in [-0.15, -0.1) is 0 Å². The van der Waals surface area contributed by atoms with E-state index >= 15 is 0 Å². The molecule has 4 nitrogen and oxygen atoms in total. The largest absolute Gasteiger partial charge is 0.383 e. The summed E-state index contributed by atoms with van der Waals surface area (Å²) >= 11 is 0. The highest BCUT2D eigenvalue weighted by Crippen LogP contribution is 2.34. The summed E-state index contributed by atoms with van der Waals surface area (Å²) in [6.45, 7) is 1.62. The molecule has 0 bridgehead atoms. The maximum Gasteiger partial charge on any atom is 0.134 e. The highest BCUT2D eigenvalue weighted by atomic mass is 15.2. The first-order valence-electron chi connectivity index (χ1n) is 5.80. The highest BCUT2D eigenvalue weighted by Gasteiger charge is 2.35. The van der Waals surface area contributed by atoms with Crippen LogP contribution in [0.3, 0.4) is 0 Å². The summed E-state index contributed by atoms with van der Waals surface area (Å²) in [7, 11) is 3.92. The summed E-state index contributed by atoms with van der Waals surface area (Å²) in [5.41, 5.74) is 2.29. The third kappa shape index (κ3) is 2.49. The molecule has 0 unspecified atom stereocenters. The Bertz CT molecular complexity index is 439. The summed E-state index contributed by atoms with van der Waals surface area (Å²) in [6, 6.07) is 4.68. The van der Waals surface area contributed by atoms with Gasteiger partial charge in [0, 0.05) is 45.0 Å². The van der Waals surface area contributed by atoms with Crippen LogP contribution in [0.25, 0.3) is 0 Å². The zero-order valence-electron chi connectivity index (χ0n) is 10.3. The second kappa shape index (κ2) is 4.61. The minimum absolute atomic E-state index is 0.265. The van der Waals surface area contributed by atoms with Crippen LogP contribution in [-0.4, -0.2) is 43.0 Å². The van der Waals surface area contributed by atoms with E-state index in [0.29, 0.717) is 6.04 Å². The van der Waals surface area contributed by atoms with Crippen LogP contribution in [-0.2, 0) is 0 Å². The monoisotopic (exact) mass is 228 g/mol. The van der Waals surface area contributed by atoms with E-state index in [1.54, 1.807) is 0 Å². The molecule has 2 aliphatic rings. The van der Waals surface area contributed by atoms with Gasteiger partial charge in [-0.1, -0.05) is 0 Å². The maximum absolute atomic E-state index is 8.99. The van der Waals surface area contributed by atoms with E-state index in [0.717, 1.165) is 24.2 Å². The van der Waals surface area contributed by atoms with Crippen molar-refractivity contribution in [2.24, 2.45) is 0 Å². The Hall–Kier alpha value is -1.78. The Balaban J connectivity index is 2.32. The van der Waals surface area contributed by atoms with Crippen LogP contribution in [0, 0.1) is 22.7 Å². The highest BCUT2D eigenvalue weighted by molar-refractivity contribution is 5.52. The van der Waals surface area contributed by atoms with Crippen LogP contribution in [0.15, 0.2) is 22.9 Å². The molecule has 0 spiro atoms. The zero-order chi connectivity index (χ0) is 12.4. The van der Waals surface area contributed by atoms with E-state index in [4.69, 9.17) is 10.5 Å². The van der Waals surface area contributed by atoms with Crippen molar-refractivity contribution in [3.8, 4) is 12.1 Å². The number of nitriles is 2. The van der Waals surface area contributed by atoms with Gasteiger partial charge in [-0.3, -0.25) is 4.90 Å². The van der Waals surface area contributed by atoms with Crippen molar-refractivity contribution in [3.63, 3.8) is 0 Å². The molecule has 0 aromatic heterocycles. The smallest absolute Gasteiger partial charge is 0.134 e. The van der Waals surface area contributed by atoms with Crippen molar-refractivity contribution in [2.75, 3.05) is 27.2 Å². The molecular formula is C13H16N4. The SMILES string of the molecule is CN(C)C=C1CN(C2CC2)CC1=C(C#N)C#N. The fourth-order valence-corrected chi connectivity index (χ4v) is 2.20. The molecule has 2 rings (SSSR count). The molecule has 0 atom stereocenters. The van der Waals surface area contributed by atoms with Crippen LogP contribution in [0.4, 0.5) is 0 Å². The quantitative estimate of drug-likeness (QED) is 0.667. The van der Waals surface area contributed by atoms with Gasteiger partial charge >= 0.3 is 0 Å². The van der Waals surface area contributed by atoms with Crippen molar-refractivity contribution >= 4 is 0 Å². The molecule has 1 saturated heterocycles. The molecule has 17 heavy (non-hydrogen) atoms. The Morgan fingerprint density at radius 2 is 1.94 bits per heavy atom. The van der Waals surface area contributed by atoms with Crippen molar-refractivity contribution < 1.29 is 0 Å². The van der Waals surface area contributed by atoms with Crippen molar-refractivity contribution in [3.05, 3.63) is 22.9 Å². The van der Waals surface area contributed by atoms with Gasteiger partial charge in [0.05, 0.1) is 0 Å². The minimum Gasteiger partial charge on any atom is -0.383 e. The first-order chi connectivity index (χ1) is 8.15. The van der Waals surface area contributed by atoms with Crippen LogP contribution >= 0.6 is 0 Å². The first kappa shape index (κ1) is 11.7. The number of nitrogens with zero attached hydrogens (tertiary/aromatic N) is 4. The van der Waals surface area contributed by atoms with Crippen LogP contribution in [0.1, 0.15) is 12.8 Å².